The van der Waals surface area contributed by atoms with Crippen LogP contribution < -0.4 is 0 Å². The van der Waals surface area contributed by atoms with Crippen LogP contribution in [0.4, 0.5) is 0 Å². The van der Waals surface area contributed by atoms with E-state index in [0.29, 0.717) is 17.5 Å². The molecule has 0 aliphatic carbocycles. The number of aromatic carboxylic acids is 1. The Hall–Kier alpha value is -2.97. The first-order valence-electron chi connectivity index (χ1n) is 6.06. The predicted octanol–water partition coefficient (Wildman–Crippen LogP) is 1.28. The summed E-state index contributed by atoms with van der Waals surface area (Å²) in [7, 11) is 0. The average Bonchev–Trinajstić information content (AvgIpc) is 3.10. The van der Waals surface area contributed by atoms with Gasteiger partial charge in [-0.05, 0) is 19.9 Å². The number of aromatic nitrogens is 5. The Labute approximate surface area is 118 Å². The third-order valence-corrected chi connectivity index (χ3v) is 2.79. The van der Waals surface area contributed by atoms with Gasteiger partial charge in [0.1, 0.15) is 18.1 Å². The van der Waals surface area contributed by atoms with Crippen LogP contribution in [0.25, 0.3) is 11.5 Å². The summed E-state index contributed by atoms with van der Waals surface area (Å²) >= 11 is 0. The minimum atomic E-state index is -1.14. The van der Waals surface area contributed by atoms with E-state index >= 15 is 0 Å². The summed E-state index contributed by atoms with van der Waals surface area (Å²) in [6, 6.07) is 1.81. The minimum absolute atomic E-state index is 0.142. The lowest BCUT2D eigenvalue weighted by molar-refractivity contribution is 0.0690. The zero-order valence-electron chi connectivity index (χ0n) is 11.3. The Bertz CT molecular complexity index is 800. The maximum absolute atomic E-state index is 10.7. The molecule has 3 aromatic rings. The number of carboxylic acids is 1. The van der Waals surface area contributed by atoms with E-state index in [4.69, 9.17) is 13.9 Å². The largest absolute Gasteiger partial charge is 0.476 e. The van der Waals surface area contributed by atoms with E-state index in [1.54, 1.807) is 0 Å². The van der Waals surface area contributed by atoms with Crippen LogP contribution in [0, 0.1) is 13.8 Å². The van der Waals surface area contributed by atoms with Gasteiger partial charge in [-0.15, -0.1) is 15.3 Å². The maximum atomic E-state index is 10.7. The molecule has 0 saturated carbocycles. The fraction of sp³-hybridized carbons (Fsp3) is 0.250. The highest BCUT2D eigenvalue weighted by Gasteiger charge is 2.16. The molecule has 0 saturated heterocycles. The second-order valence-electron chi connectivity index (χ2n) is 4.43. The molecule has 0 atom stereocenters. The average molecular weight is 289 g/mol. The van der Waals surface area contributed by atoms with Gasteiger partial charge in [-0.2, -0.15) is 0 Å². The van der Waals surface area contributed by atoms with Gasteiger partial charge in [0, 0.05) is 0 Å². The Morgan fingerprint density at radius 3 is 2.71 bits per heavy atom. The van der Waals surface area contributed by atoms with Crippen molar-refractivity contribution < 1.29 is 18.7 Å². The van der Waals surface area contributed by atoms with E-state index in [1.807, 2.05) is 19.9 Å². The highest BCUT2D eigenvalue weighted by molar-refractivity contribution is 5.84. The van der Waals surface area contributed by atoms with Gasteiger partial charge in [-0.25, -0.2) is 9.48 Å². The van der Waals surface area contributed by atoms with Crippen molar-refractivity contribution in [2.45, 2.75) is 20.4 Å². The molecular weight excluding hydrogens is 278 g/mol. The summed E-state index contributed by atoms with van der Waals surface area (Å²) < 4.78 is 12.2. The molecular formula is C12H11N5O4. The number of carboxylic acid groups (broad SMARTS) is 1. The molecule has 0 bridgehead atoms. The van der Waals surface area contributed by atoms with Crippen LogP contribution in [-0.2, 0) is 6.54 Å². The molecule has 9 nitrogen and oxygen atoms in total. The molecule has 1 N–H and O–H groups in total. The second-order valence-corrected chi connectivity index (χ2v) is 4.43. The van der Waals surface area contributed by atoms with Gasteiger partial charge >= 0.3 is 5.97 Å². The third-order valence-electron chi connectivity index (χ3n) is 2.79. The number of carbonyl (C=O) groups is 1. The first-order chi connectivity index (χ1) is 10.0. The third kappa shape index (κ3) is 2.53. The lowest BCUT2D eigenvalue weighted by atomic mass is 10.2. The monoisotopic (exact) mass is 289 g/mol. The Kier molecular flexibility index (Phi) is 3.01. The second kappa shape index (κ2) is 4.85. The zero-order chi connectivity index (χ0) is 15.0. The van der Waals surface area contributed by atoms with Crippen molar-refractivity contribution in [3.8, 4) is 11.5 Å². The fourth-order valence-electron chi connectivity index (χ4n) is 1.88. The van der Waals surface area contributed by atoms with Crippen molar-refractivity contribution in [2.75, 3.05) is 0 Å². The first kappa shape index (κ1) is 13.0. The molecule has 0 amide bonds. The van der Waals surface area contributed by atoms with Crippen molar-refractivity contribution in [3.63, 3.8) is 0 Å². The van der Waals surface area contributed by atoms with Crippen molar-refractivity contribution in [3.05, 3.63) is 35.4 Å². The Balaban J connectivity index is 1.81. The van der Waals surface area contributed by atoms with Crippen LogP contribution in [0.3, 0.4) is 0 Å². The molecule has 3 heterocycles. The molecule has 0 aliphatic heterocycles. The standard InChI is InChI=1S/C12H11N5O4/c1-6-3-8(7(2)20-6)11-15-14-10(21-11)5-17-4-9(12(18)19)13-16-17/h3-4H,5H2,1-2H3,(H,18,19). The molecule has 0 aromatic carbocycles. The molecule has 3 rings (SSSR count). The smallest absolute Gasteiger partial charge is 0.358 e. The van der Waals surface area contributed by atoms with Gasteiger partial charge in [-0.1, -0.05) is 5.21 Å². The molecule has 0 spiro atoms. The Morgan fingerprint density at radius 2 is 2.10 bits per heavy atom. The van der Waals surface area contributed by atoms with Crippen LogP contribution >= 0.6 is 0 Å². The molecule has 21 heavy (non-hydrogen) atoms. The summed E-state index contributed by atoms with van der Waals surface area (Å²) in [5.74, 6) is 0.946. The maximum Gasteiger partial charge on any atom is 0.358 e. The van der Waals surface area contributed by atoms with Gasteiger partial charge in [0.2, 0.25) is 5.89 Å². The molecule has 0 unspecified atom stereocenters. The Morgan fingerprint density at radius 1 is 1.29 bits per heavy atom. The normalized spacial score (nSPS) is 11.0. The summed E-state index contributed by atoms with van der Waals surface area (Å²) in [5.41, 5.74) is 0.590. The molecule has 0 aliphatic rings. The van der Waals surface area contributed by atoms with Crippen molar-refractivity contribution in [2.24, 2.45) is 0 Å². The minimum Gasteiger partial charge on any atom is -0.476 e. The van der Waals surface area contributed by atoms with Crippen molar-refractivity contribution in [1.29, 1.82) is 0 Å². The number of nitrogens with zero attached hydrogens (tertiary/aromatic N) is 5. The van der Waals surface area contributed by atoms with Crippen molar-refractivity contribution in [1.82, 2.24) is 25.2 Å². The first-order valence-corrected chi connectivity index (χ1v) is 6.06. The number of furan rings is 1. The van der Waals surface area contributed by atoms with Crippen LogP contribution in [-0.4, -0.2) is 36.3 Å². The lowest BCUT2D eigenvalue weighted by Crippen LogP contribution is -2.00. The van der Waals surface area contributed by atoms with E-state index in [-0.39, 0.29) is 12.2 Å². The van der Waals surface area contributed by atoms with E-state index in [0.717, 1.165) is 11.3 Å². The van der Waals surface area contributed by atoms with E-state index in [9.17, 15) is 4.79 Å². The molecule has 9 heteroatoms. The van der Waals surface area contributed by atoms with Gasteiger partial charge in [0.15, 0.2) is 5.69 Å². The van der Waals surface area contributed by atoms with Crippen LogP contribution in [0.1, 0.15) is 27.9 Å². The highest BCUT2D eigenvalue weighted by Crippen LogP contribution is 2.25. The van der Waals surface area contributed by atoms with Gasteiger partial charge in [-0.3, -0.25) is 0 Å². The SMILES string of the molecule is Cc1cc(-c2nnc(Cn3cc(C(=O)O)nn3)o2)c(C)o1. The summed E-state index contributed by atoms with van der Waals surface area (Å²) in [5, 5.41) is 23.8. The molecule has 0 fully saturated rings. The highest BCUT2D eigenvalue weighted by atomic mass is 16.4. The predicted molar refractivity (Wildman–Crippen MR) is 67.6 cm³/mol. The molecule has 0 radical (unpaired) electrons. The van der Waals surface area contributed by atoms with Crippen molar-refractivity contribution >= 4 is 5.97 Å². The van der Waals surface area contributed by atoms with E-state index in [1.165, 1.54) is 10.9 Å². The quantitative estimate of drug-likeness (QED) is 0.762. The van der Waals surface area contributed by atoms with Gasteiger partial charge < -0.3 is 13.9 Å². The number of aryl methyl sites for hydroxylation is 2. The topological polar surface area (TPSA) is 120 Å². The molecule has 108 valence electrons. The molecule has 3 aromatic heterocycles. The van der Waals surface area contributed by atoms with Gasteiger partial charge in [0.05, 0.1) is 11.8 Å². The lowest BCUT2D eigenvalue weighted by Gasteiger charge is -1.93. The summed E-state index contributed by atoms with van der Waals surface area (Å²) in [6.07, 6.45) is 1.29. The van der Waals surface area contributed by atoms with Crippen LogP contribution in [0.5, 0.6) is 0 Å². The zero-order valence-corrected chi connectivity index (χ0v) is 11.3. The number of hydrogen-bond donors (Lipinski definition) is 1. The summed E-state index contributed by atoms with van der Waals surface area (Å²) in [6.45, 7) is 3.78. The van der Waals surface area contributed by atoms with Gasteiger partial charge in [0.25, 0.3) is 5.89 Å². The summed E-state index contributed by atoms with van der Waals surface area (Å²) in [4.78, 5) is 10.7. The number of rotatable bonds is 4. The van der Waals surface area contributed by atoms with Crippen LogP contribution in [0.2, 0.25) is 0 Å². The van der Waals surface area contributed by atoms with E-state index < -0.39 is 5.97 Å². The number of hydrogen-bond acceptors (Lipinski definition) is 7. The fourth-order valence-corrected chi connectivity index (χ4v) is 1.88. The van der Waals surface area contributed by atoms with E-state index in [2.05, 4.69) is 20.5 Å². The van der Waals surface area contributed by atoms with Crippen LogP contribution in [0.15, 0.2) is 21.1 Å².